The molecule has 1 N–H and O–H groups in total. The van der Waals surface area contributed by atoms with Gasteiger partial charge in [0.25, 0.3) is 0 Å². The molecular formula is C10H16O5S. The number of hydrogen-bond donors (Lipinski definition) is 1. The summed E-state index contributed by atoms with van der Waals surface area (Å²) >= 11 is 1.22. The third-order valence-electron chi connectivity index (χ3n) is 1.57. The molecule has 92 valence electrons. The van der Waals surface area contributed by atoms with E-state index in [1.54, 1.807) is 0 Å². The average molecular weight is 248 g/mol. The summed E-state index contributed by atoms with van der Waals surface area (Å²) in [4.78, 5) is 32.8. The quantitative estimate of drug-likeness (QED) is 0.579. The Bertz CT molecular complexity index is 292. The number of ketones is 1. The summed E-state index contributed by atoms with van der Waals surface area (Å²) < 4.78 is 4.28. The molecule has 0 rings (SSSR count). The van der Waals surface area contributed by atoms with Gasteiger partial charge in [-0.05, 0) is 0 Å². The number of esters is 1. The Balaban J connectivity index is 4.63. The maximum Gasteiger partial charge on any atom is 0.372 e. The number of aliphatic carboxylic acids is 1. The number of methoxy groups -OCH3 is 1. The van der Waals surface area contributed by atoms with Crippen LogP contribution in [0.4, 0.5) is 0 Å². The number of rotatable bonds is 5. The summed E-state index contributed by atoms with van der Waals surface area (Å²) in [5, 5.41) is 7.70. The summed E-state index contributed by atoms with van der Waals surface area (Å²) in [5.74, 6) is -3.08. The molecule has 0 aliphatic heterocycles. The summed E-state index contributed by atoms with van der Waals surface area (Å²) in [5.41, 5.74) is 0. The van der Waals surface area contributed by atoms with E-state index in [9.17, 15) is 14.4 Å². The number of carbonyl (C=O) groups excluding carboxylic acids is 2. The van der Waals surface area contributed by atoms with Gasteiger partial charge in [0.2, 0.25) is 5.78 Å². The van der Waals surface area contributed by atoms with Gasteiger partial charge >= 0.3 is 11.9 Å². The topological polar surface area (TPSA) is 80.7 Å². The molecule has 16 heavy (non-hydrogen) atoms. The van der Waals surface area contributed by atoms with Crippen molar-refractivity contribution in [1.29, 1.82) is 0 Å². The maximum atomic E-state index is 11.4. The van der Waals surface area contributed by atoms with Crippen molar-refractivity contribution in [1.82, 2.24) is 0 Å². The molecular weight excluding hydrogens is 232 g/mol. The van der Waals surface area contributed by atoms with Gasteiger partial charge in [-0.2, -0.15) is 0 Å². The lowest BCUT2D eigenvalue weighted by Gasteiger charge is -2.23. The third kappa shape index (κ3) is 5.75. The highest BCUT2D eigenvalue weighted by Gasteiger charge is 2.30. The van der Waals surface area contributed by atoms with Crippen LogP contribution < -0.4 is 0 Å². The highest BCUT2D eigenvalue weighted by molar-refractivity contribution is 8.01. The fraction of sp³-hybridized carbons (Fsp3) is 0.700. The molecule has 1 atom stereocenters. The summed E-state index contributed by atoms with van der Waals surface area (Å²) in [7, 11) is 1.21. The van der Waals surface area contributed by atoms with Crippen LogP contribution in [0.2, 0.25) is 0 Å². The minimum absolute atomic E-state index is 0.252. The van der Waals surface area contributed by atoms with Crippen molar-refractivity contribution < 1.29 is 24.2 Å². The zero-order chi connectivity index (χ0) is 12.9. The summed E-state index contributed by atoms with van der Waals surface area (Å²) in [6.07, 6.45) is -0.343. The zero-order valence-electron chi connectivity index (χ0n) is 9.77. The van der Waals surface area contributed by atoms with Crippen molar-refractivity contribution in [2.24, 2.45) is 0 Å². The van der Waals surface area contributed by atoms with E-state index in [1.165, 1.54) is 18.9 Å². The van der Waals surface area contributed by atoms with E-state index in [1.807, 2.05) is 20.8 Å². The van der Waals surface area contributed by atoms with Crippen LogP contribution in [0, 0.1) is 0 Å². The second-order valence-electron chi connectivity index (χ2n) is 4.17. The van der Waals surface area contributed by atoms with E-state index in [4.69, 9.17) is 5.11 Å². The lowest BCUT2D eigenvalue weighted by atomic mass is 10.2. The minimum Gasteiger partial charge on any atom is -0.476 e. The molecule has 0 saturated heterocycles. The van der Waals surface area contributed by atoms with Crippen molar-refractivity contribution in [3.8, 4) is 0 Å². The zero-order valence-corrected chi connectivity index (χ0v) is 10.6. The molecule has 0 radical (unpaired) electrons. The standard InChI is InChI=1S/C10H16O5S/c1-10(2,3)16-7(9(14)15-4)5-6(11)8(12)13/h7H,5H2,1-4H3,(H,12,13). The highest BCUT2D eigenvalue weighted by atomic mass is 32.2. The number of Topliss-reactive ketones (excluding diaryl/α,β-unsaturated/α-hetero) is 1. The molecule has 0 spiro atoms. The maximum absolute atomic E-state index is 11.4. The Hall–Kier alpha value is -1.04. The Morgan fingerprint density at radius 2 is 1.81 bits per heavy atom. The van der Waals surface area contributed by atoms with Crippen molar-refractivity contribution in [3.05, 3.63) is 0 Å². The number of carboxylic acid groups (broad SMARTS) is 1. The molecule has 0 heterocycles. The average Bonchev–Trinajstić information content (AvgIpc) is 2.13. The number of carboxylic acids is 1. The van der Waals surface area contributed by atoms with E-state index >= 15 is 0 Å². The normalized spacial score (nSPS) is 13.0. The van der Waals surface area contributed by atoms with Crippen LogP contribution in [0.3, 0.4) is 0 Å². The Labute approximate surface area is 98.5 Å². The van der Waals surface area contributed by atoms with Crippen LogP contribution in [0.1, 0.15) is 27.2 Å². The van der Waals surface area contributed by atoms with Gasteiger partial charge in [0.05, 0.1) is 7.11 Å². The van der Waals surface area contributed by atoms with E-state index in [2.05, 4.69) is 4.74 Å². The van der Waals surface area contributed by atoms with Crippen LogP contribution >= 0.6 is 11.8 Å². The molecule has 0 saturated carbocycles. The molecule has 6 heteroatoms. The first-order valence-corrected chi connectivity index (χ1v) is 5.57. The van der Waals surface area contributed by atoms with E-state index in [0.717, 1.165) is 0 Å². The van der Waals surface area contributed by atoms with E-state index < -0.39 is 23.0 Å². The molecule has 0 amide bonds. The molecule has 5 nitrogen and oxygen atoms in total. The largest absolute Gasteiger partial charge is 0.476 e. The van der Waals surface area contributed by atoms with Gasteiger partial charge in [-0.25, -0.2) is 4.79 Å². The first-order chi connectivity index (χ1) is 7.17. The summed E-state index contributed by atoms with van der Waals surface area (Å²) in [6, 6.07) is 0. The van der Waals surface area contributed by atoms with Gasteiger partial charge in [-0.1, -0.05) is 20.8 Å². The van der Waals surface area contributed by atoms with Crippen molar-refractivity contribution in [3.63, 3.8) is 0 Å². The lowest BCUT2D eigenvalue weighted by molar-refractivity contribution is -0.150. The van der Waals surface area contributed by atoms with Crippen LogP contribution in [-0.2, 0) is 19.1 Å². The summed E-state index contributed by atoms with van der Waals surface area (Å²) in [6.45, 7) is 5.62. The van der Waals surface area contributed by atoms with Gasteiger partial charge in [-0.15, -0.1) is 11.8 Å². The second kappa shape index (κ2) is 5.89. The van der Waals surface area contributed by atoms with Crippen molar-refractivity contribution in [2.75, 3.05) is 7.11 Å². The Morgan fingerprint density at radius 3 is 2.12 bits per heavy atom. The van der Waals surface area contributed by atoms with E-state index in [0.29, 0.717) is 0 Å². The fourth-order valence-electron chi connectivity index (χ4n) is 0.987. The molecule has 0 fully saturated rings. The number of thioether (sulfide) groups is 1. The van der Waals surface area contributed by atoms with Crippen LogP contribution in [0.15, 0.2) is 0 Å². The van der Waals surface area contributed by atoms with Gasteiger partial charge in [0.15, 0.2) is 0 Å². The van der Waals surface area contributed by atoms with Crippen LogP contribution in [-0.4, -0.2) is 39.9 Å². The second-order valence-corrected chi connectivity index (χ2v) is 6.20. The van der Waals surface area contributed by atoms with Crippen LogP contribution in [0.5, 0.6) is 0 Å². The van der Waals surface area contributed by atoms with Crippen LogP contribution in [0.25, 0.3) is 0 Å². The Kier molecular flexibility index (Phi) is 5.50. The van der Waals surface area contributed by atoms with Crippen molar-refractivity contribution in [2.45, 2.75) is 37.2 Å². The molecule has 1 unspecified atom stereocenters. The number of ether oxygens (including phenoxy) is 1. The number of hydrogen-bond acceptors (Lipinski definition) is 5. The monoisotopic (exact) mass is 248 g/mol. The van der Waals surface area contributed by atoms with Crippen molar-refractivity contribution >= 4 is 29.5 Å². The van der Waals surface area contributed by atoms with Gasteiger partial charge in [-0.3, -0.25) is 9.59 Å². The lowest BCUT2D eigenvalue weighted by Crippen LogP contribution is -2.29. The first-order valence-electron chi connectivity index (χ1n) is 4.69. The molecule has 0 bridgehead atoms. The molecule has 0 aliphatic carbocycles. The molecule has 0 aromatic heterocycles. The highest BCUT2D eigenvalue weighted by Crippen LogP contribution is 2.30. The van der Waals surface area contributed by atoms with E-state index in [-0.39, 0.29) is 11.2 Å². The van der Waals surface area contributed by atoms with Gasteiger partial charge in [0.1, 0.15) is 5.25 Å². The Morgan fingerprint density at radius 1 is 1.31 bits per heavy atom. The molecule has 0 aromatic rings. The van der Waals surface area contributed by atoms with Gasteiger partial charge < -0.3 is 9.84 Å². The molecule has 0 aliphatic rings. The minimum atomic E-state index is -1.52. The predicted octanol–water partition coefficient (Wildman–Crippen LogP) is 1.10. The number of carbonyl (C=O) groups is 3. The smallest absolute Gasteiger partial charge is 0.372 e. The first kappa shape index (κ1) is 15.0. The molecule has 0 aromatic carbocycles. The predicted molar refractivity (Wildman–Crippen MR) is 60.4 cm³/mol. The SMILES string of the molecule is COC(=O)C(CC(=O)C(=O)O)SC(C)(C)C. The third-order valence-corrected chi connectivity index (χ3v) is 2.92. The fourth-order valence-corrected chi connectivity index (χ4v) is 2.27. The van der Waals surface area contributed by atoms with Gasteiger partial charge in [0, 0.05) is 11.2 Å².